The fraction of sp³-hybridized carbons (Fsp3) is 0.316. The molecule has 0 saturated carbocycles. The van der Waals surface area contributed by atoms with Crippen LogP contribution in [0.25, 0.3) is 10.6 Å². The van der Waals surface area contributed by atoms with Crippen LogP contribution in [0.5, 0.6) is 0 Å². The van der Waals surface area contributed by atoms with Gasteiger partial charge in [-0.25, -0.2) is 0 Å². The maximum Gasteiger partial charge on any atom is 0.274 e. The molecule has 3 aromatic rings. The van der Waals surface area contributed by atoms with Gasteiger partial charge in [-0.3, -0.25) is 19.8 Å². The van der Waals surface area contributed by atoms with Gasteiger partial charge in [-0.2, -0.15) is 5.10 Å². The van der Waals surface area contributed by atoms with Crippen molar-refractivity contribution in [3.63, 3.8) is 0 Å². The fourth-order valence-corrected chi connectivity index (χ4v) is 4.54. The van der Waals surface area contributed by atoms with Gasteiger partial charge in [0.15, 0.2) is 5.69 Å². The molecular formula is C19H20BrN5OS. The van der Waals surface area contributed by atoms with Crippen molar-refractivity contribution in [2.24, 2.45) is 0 Å². The maximum absolute atomic E-state index is 12.7. The van der Waals surface area contributed by atoms with E-state index in [4.69, 9.17) is 0 Å². The Labute approximate surface area is 170 Å². The molecular weight excluding hydrogens is 426 g/mol. The lowest BCUT2D eigenvalue weighted by Gasteiger charge is -2.34. The number of thiophene rings is 1. The van der Waals surface area contributed by atoms with E-state index in [9.17, 15) is 4.79 Å². The number of hydrogen-bond acceptors (Lipinski definition) is 5. The zero-order chi connectivity index (χ0) is 18.6. The SMILES string of the molecule is O=C(c1cc(-c2ccc(Br)s2)[nH]n1)N1CCN(CCc2ccncc2)CC1. The number of nitrogens with one attached hydrogen (secondary N) is 1. The van der Waals surface area contributed by atoms with E-state index in [0.717, 1.165) is 53.5 Å². The van der Waals surface area contributed by atoms with E-state index in [0.29, 0.717) is 5.69 Å². The minimum Gasteiger partial charge on any atom is -0.335 e. The van der Waals surface area contributed by atoms with Crippen LogP contribution in [0.2, 0.25) is 0 Å². The maximum atomic E-state index is 12.7. The highest BCUT2D eigenvalue weighted by atomic mass is 79.9. The van der Waals surface area contributed by atoms with Crippen LogP contribution in [-0.2, 0) is 6.42 Å². The molecule has 8 heteroatoms. The highest BCUT2D eigenvalue weighted by molar-refractivity contribution is 9.11. The third kappa shape index (κ3) is 4.45. The number of hydrogen-bond donors (Lipinski definition) is 1. The van der Waals surface area contributed by atoms with Crippen molar-refractivity contribution in [3.05, 3.63) is 57.8 Å². The van der Waals surface area contributed by atoms with Crippen LogP contribution >= 0.6 is 27.3 Å². The van der Waals surface area contributed by atoms with Gasteiger partial charge in [0.05, 0.1) is 14.4 Å². The monoisotopic (exact) mass is 445 g/mol. The molecule has 0 bridgehead atoms. The molecule has 1 N–H and O–H groups in total. The molecule has 3 aromatic heterocycles. The summed E-state index contributed by atoms with van der Waals surface area (Å²) in [5.74, 6) is 0.00176. The zero-order valence-electron chi connectivity index (χ0n) is 14.8. The van der Waals surface area contributed by atoms with Crippen molar-refractivity contribution >= 4 is 33.2 Å². The number of carbonyl (C=O) groups is 1. The number of aromatic nitrogens is 3. The number of rotatable bonds is 5. The van der Waals surface area contributed by atoms with E-state index in [-0.39, 0.29) is 5.91 Å². The van der Waals surface area contributed by atoms with E-state index in [2.05, 4.69) is 48.1 Å². The molecule has 1 saturated heterocycles. The van der Waals surface area contributed by atoms with Crippen molar-refractivity contribution < 1.29 is 4.79 Å². The summed E-state index contributed by atoms with van der Waals surface area (Å²) in [7, 11) is 0. The van der Waals surface area contributed by atoms with Gasteiger partial charge < -0.3 is 4.90 Å². The number of nitrogens with zero attached hydrogens (tertiary/aromatic N) is 4. The summed E-state index contributed by atoms with van der Waals surface area (Å²) >= 11 is 5.08. The molecule has 0 spiro atoms. The molecule has 1 aliphatic heterocycles. The Kier molecular flexibility index (Phi) is 5.66. The van der Waals surface area contributed by atoms with Gasteiger partial charge >= 0.3 is 0 Å². The van der Waals surface area contributed by atoms with Gasteiger partial charge in [-0.1, -0.05) is 0 Å². The largest absolute Gasteiger partial charge is 0.335 e. The molecule has 1 fully saturated rings. The molecule has 0 radical (unpaired) electrons. The molecule has 4 rings (SSSR count). The smallest absolute Gasteiger partial charge is 0.274 e. The predicted octanol–water partition coefficient (Wildman–Crippen LogP) is 3.30. The molecule has 27 heavy (non-hydrogen) atoms. The Morgan fingerprint density at radius 1 is 1.15 bits per heavy atom. The number of H-pyrrole nitrogens is 1. The van der Waals surface area contributed by atoms with Crippen molar-refractivity contribution in [2.75, 3.05) is 32.7 Å². The van der Waals surface area contributed by atoms with E-state index in [1.54, 1.807) is 11.3 Å². The highest BCUT2D eigenvalue weighted by Gasteiger charge is 2.24. The average Bonchev–Trinajstić information content (AvgIpc) is 3.36. The van der Waals surface area contributed by atoms with Gasteiger partial charge in [-0.05, 0) is 58.2 Å². The second-order valence-electron chi connectivity index (χ2n) is 6.51. The Hall–Kier alpha value is -2.03. The Morgan fingerprint density at radius 3 is 2.63 bits per heavy atom. The lowest BCUT2D eigenvalue weighted by atomic mass is 10.2. The van der Waals surface area contributed by atoms with Crippen LogP contribution in [0.1, 0.15) is 16.1 Å². The minimum absolute atomic E-state index is 0.00176. The normalized spacial score (nSPS) is 15.2. The van der Waals surface area contributed by atoms with E-state index >= 15 is 0 Å². The second-order valence-corrected chi connectivity index (χ2v) is 8.97. The van der Waals surface area contributed by atoms with Crippen LogP contribution in [-0.4, -0.2) is 63.6 Å². The Bertz CT molecular complexity index is 902. The number of amides is 1. The molecule has 0 atom stereocenters. The van der Waals surface area contributed by atoms with Crippen LogP contribution in [0.4, 0.5) is 0 Å². The molecule has 0 aliphatic carbocycles. The lowest BCUT2D eigenvalue weighted by Crippen LogP contribution is -2.49. The van der Waals surface area contributed by atoms with Gasteiger partial charge in [0, 0.05) is 45.1 Å². The van der Waals surface area contributed by atoms with Crippen LogP contribution in [0.3, 0.4) is 0 Å². The second kappa shape index (κ2) is 8.33. The molecule has 0 aromatic carbocycles. The van der Waals surface area contributed by atoms with Crippen molar-refractivity contribution in [3.8, 4) is 10.6 Å². The standard InChI is InChI=1S/C19H20BrN5OS/c20-18-2-1-17(27-18)15-13-16(23-22-15)19(26)25-11-9-24(10-12-25)8-5-14-3-6-21-7-4-14/h1-4,6-7,13H,5,8-12H2,(H,22,23). The van der Waals surface area contributed by atoms with Gasteiger partial charge in [-0.15, -0.1) is 11.3 Å². The third-order valence-corrected chi connectivity index (χ3v) is 6.42. The van der Waals surface area contributed by atoms with E-state index in [1.165, 1.54) is 5.56 Å². The number of halogens is 1. The quantitative estimate of drug-likeness (QED) is 0.654. The van der Waals surface area contributed by atoms with Crippen molar-refractivity contribution in [1.82, 2.24) is 25.0 Å². The Balaban J connectivity index is 1.30. The summed E-state index contributed by atoms with van der Waals surface area (Å²) in [6, 6.07) is 9.96. The highest BCUT2D eigenvalue weighted by Crippen LogP contribution is 2.30. The molecule has 1 amide bonds. The Morgan fingerprint density at radius 2 is 1.93 bits per heavy atom. The number of piperazine rings is 1. The number of carbonyl (C=O) groups excluding carboxylic acids is 1. The average molecular weight is 446 g/mol. The summed E-state index contributed by atoms with van der Waals surface area (Å²) in [6.45, 7) is 4.27. The first kappa shape index (κ1) is 18.3. The molecule has 6 nitrogen and oxygen atoms in total. The van der Waals surface area contributed by atoms with Gasteiger partial charge in [0.25, 0.3) is 5.91 Å². The molecule has 4 heterocycles. The predicted molar refractivity (Wildman–Crippen MR) is 110 cm³/mol. The fourth-order valence-electron chi connectivity index (χ4n) is 3.19. The van der Waals surface area contributed by atoms with Crippen molar-refractivity contribution in [1.29, 1.82) is 0 Å². The van der Waals surface area contributed by atoms with E-state index in [1.807, 2.05) is 35.5 Å². The first-order valence-corrected chi connectivity index (χ1v) is 10.5. The zero-order valence-corrected chi connectivity index (χ0v) is 17.2. The van der Waals surface area contributed by atoms with Gasteiger partial charge in [0.1, 0.15) is 0 Å². The number of aromatic amines is 1. The lowest BCUT2D eigenvalue weighted by molar-refractivity contribution is 0.0632. The van der Waals surface area contributed by atoms with Crippen LogP contribution in [0.15, 0.2) is 46.5 Å². The summed E-state index contributed by atoms with van der Waals surface area (Å²) in [4.78, 5) is 22.2. The first-order valence-electron chi connectivity index (χ1n) is 8.91. The number of pyridine rings is 1. The molecule has 1 aliphatic rings. The summed E-state index contributed by atoms with van der Waals surface area (Å²) < 4.78 is 1.06. The summed E-state index contributed by atoms with van der Waals surface area (Å²) in [6.07, 6.45) is 4.67. The van der Waals surface area contributed by atoms with Gasteiger partial charge in [0.2, 0.25) is 0 Å². The van der Waals surface area contributed by atoms with Crippen molar-refractivity contribution in [2.45, 2.75) is 6.42 Å². The van der Waals surface area contributed by atoms with Crippen LogP contribution in [0, 0.1) is 0 Å². The minimum atomic E-state index is 0.00176. The third-order valence-electron chi connectivity index (χ3n) is 4.76. The molecule has 0 unspecified atom stereocenters. The first-order chi connectivity index (χ1) is 13.2. The van der Waals surface area contributed by atoms with E-state index < -0.39 is 0 Å². The summed E-state index contributed by atoms with van der Waals surface area (Å²) in [5, 5.41) is 7.21. The van der Waals surface area contributed by atoms with Crippen LogP contribution < -0.4 is 0 Å². The summed E-state index contributed by atoms with van der Waals surface area (Å²) in [5.41, 5.74) is 2.66. The topological polar surface area (TPSA) is 65.1 Å². The molecule has 140 valence electrons.